The highest BCUT2D eigenvalue weighted by molar-refractivity contribution is 5.93. The van der Waals surface area contributed by atoms with Gasteiger partial charge in [0.1, 0.15) is 5.82 Å². The van der Waals surface area contributed by atoms with E-state index < -0.39 is 0 Å². The van der Waals surface area contributed by atoms with E-state index in [1.54, 1.807) is 43.4 Å². The Morgan fingerprint density at radius 2 is 1.77 bits per heavy atom. The van der Waals surface area contributed by atoms with E-state index in [1.165, 1.54) is 12.1 Å². The van der Waals surface area contributed by atoms with Crippen LogP contribution in [0.1, 0.15) is 21.5 Å². The Balaban J connectivity index is 1.87. The summed E-state index contributed by atoms with van der Waals surface area (Å²) in [4.78, 5) is 23.2. The summed E-state index contributed by atoms with van der Waals surface area (Å²) in [5.74, 6) is -0.683. The van der Waals surface area contributed by atoms with E-state index in [2.05, 4.69) is 10.6 Å². The maximum Gasteiger partial charge on any atom is 0.251 e. The Kier molecular flexibility index (Phi) is 5.25. The van der Waals surface area contributed by atoms with Gasteiger partial charge in [-0.2, -0.15) is 0 Å². The summed E-state index contributed by atoms with van der Waals surface area (Å²) in [7, 11) is 1.57. The summed E-state index contributed by atoms with van der Waals surface area (Å²) in [5.41, 5.74) is 2.09. The molecule has 114 valence electrons. The van der Waals surface area contributed by atoms with Crippen LogP contribution in [0.5, 0.6) is 0 Å². The molecule has 0 saturated carbocycles. The van der Waals surface area contributed by atoms with Crippen LogP contribution in [0.2, 0.25) is 0 Å². The van der Waals surface area contributed by atoms with E-state index in [1.807, 2.05) is 0 Å². The summed E-state index contributed by atoms with van der Waals surface area (Å²) in [6.07, 6.45) is 0.133. The van der Waals surface area contributed by atoms with Gasteiger partial charge in [0.2, 0.25) is 5.91 Å². The zero-order chi connectivity index (χ0) is 15.9. The first kappa shape index (κ1) is 15.7. The first-order valence-corrected chi connectivity index (χ1v) is 6.90. The minimum Gasteiger partial charge on any atom is -0.355 e. The van der Waals surface area contributed by atoms with Gasteiger partial charge >= 0.3 is 0 Å². The third-order valence-corrected chi connectivity index (χ3v) is 3.19. The lowest BCUT2D eigenvalue weighted by molar-refractivity contribution is -0.120. The molecule has 4 nitrogen and oxygen atoms in total. The fourth-order valence-corrected chi connectivity index (χ4v) is 2.01. The predicted octanol–water partition coefficient (Wildman–Crippen LogP) is 2.04. The number of carbonyl (C=O) groups excluding carboxylic acids is 2. The maximum atomic E-state index is 13.0. The van der Waals surface area contributed by atoms with Gasteiger partial charge in [-0.15, -0.1) is 0 Å². The zero-order valence-electron chi connectivity index (χ0n) is 12.2. The van der Waals surface area contributed by atoms with Crippen molar-refractivity contribution in [3.63, 3.8) is 0 Å². The van der Waals surface area contributed by atoms with Crippen LogP contribution < -0.4 is 10.6 Å². The largest absolute Gasteiger partial charge is 0.355 e. The van der Waals surface area contributed by atoms with E-state index in [0.29, 0.717) is 17.7 Å². The van der Waals surface area contributed by atoms with Crippen molar-refractivity contribution in [1.82, 2.24) is 10.6 Å². The van der Waals surface area contributed by atoms with Crippen molar-refractivity contribution in [2.75, 3.05) is 7.05 Å². The molecular weight excluding hydrogens is 283 g/mol. The molecule has 0 atom stereocenters. The van der Waals surface area contributed by atoms with Crippen molar-refractivity contribution in [2.45, 2.75) is 13.0 Å². The molecule has 22 heavy (non-hydrogen) atoms. The monoisotopic (exact) mass is 300 g/mol. The third-order valence-electron chi connectivity index (χ3n) is 3.19. The van der Waals surface area contributed by atoms with E-state index in [0.717, 1.165) is 5.56 Å². The SMILES string of the molecule is CNC(=O)c1ccc(CNC(=O)Cc2cccc(F)c2)cc1. The summed E-state index contributed by atoms with van der Waals surface area (Å²) in [6, 6.07) is 12.9. The van der Waals surface area contributed by atoms with Crippen molar-refractivity contribution < 1.29 is 14.0 Å². The molecule has 0 aliphatic heterocycles. The van der Waals surface area contributed by atoms with Crippen molar-refractivity contribution in [1.29, 1.82) is 0 Å². The second-order valence-corrected chi connectivity index (χ2v) is 4.86. The maximum absolute atomic E-state index is 13.0. The fourth-order valence-electron chi connectivity index (χ4n) is 2.01. The number of rotatable bonds is 5. The van der Waals surface area contributed by atoms with Crippen molar-refractivity contribution >= 4 is 11.8 Å². The summed E-state index contributed by atoms with van der Waals surface area (Å²) in [5, 5.41) is 5.31. The summed E-state index contributed by atoms with van der Waals surface area (Å²) < 4.78 is 13.0. The van der Waals surface area contributed by atoms with Gasteiger partial charge in [0, 0.05) is 19.2 Å². The fraction of sp³-hybridized carbons (Fsp3) is 0.176. The molecule has 2 N–H and O–H groups in total. The summed E-state index contributed by atoms with van der Waals surface area (Å²) >= 11 is 0. The second kappa shape index (κ2) is 7.36. The average Bonchev–Trinajstić information content (AvgIpc) is 2.52. The topological polar surface area (TPSA) is 58.2 Å². The van der Waals surface area contributed by atoms with Crippen LogP contribution in [0.15, 0.2) is 48.5 Å². The molecular formula is C17H17FN2O2. The number of halogens is 1. The molecule has 0 aliphatic carbocycles. The normalized spacial score (nSPS) is 10.1. The van der Waals surface area contributed by atoms with Crippen LogP contribution in [0, 0.1) is 5.82 Å². The van der Waals surface area contributed by atoms with Crippen LogP contribution in [-0.2, 0) is 17.8 Å². The lowest BCUT2D eigenvalue weighted by atomic mass is 10.1. The molecule has 0 bridgehead atoms. The molecule has 2 aromatic rings. The van der Waals surface area contributed by atoms with Crippen LogP contribution >= 0.6 is 0 Å². The van der Waals surface area contributed by atoms with Crippen molar-refractivity contribution in [3.8, 4) is 0 Å². The highest BCUT2D eigenvalue weighted by atomic mass is 19.1. The molecule has 0 heterocycles. The standard InChI is InChI=1S/C17H17FN2O2/c1-19-17(22)14-7-5-12(6-8-14)11-20-16(21)10-13-3-2-4-15(18)9-13/h2-9H,10-11H2,1H3,(H,19,22)(H,20,21). The van der Waals surface area contributed by atoms with Crippen molar-refractivity contribution in [2.24, 2.45) is 0 Å². The van der Waals surface area contributed by atoms with Gasteiger partial charge in [-0.1, -0.05) is 24.3 Å². The Morgan fingerprint density at radius 1 is 1.05 bits per heavy atom. The molecule has 0 radical (unpaired) electrons. The summed E-state index contributed by atoms with van der Waals surface area (Å²) in [6.45, 7) is 0.363. The predicted molar refractivity (Wildman–Crippen MR) is 81.8 cm³/mol. The van der Waals surface area contributed by atoms with Crippen molar-refractivity contribution in [3.05, 3.63) is 71.0 Å². The first-order chi connectivity index (χ1) is 10.6. The molecule has 0 saturated heterocycles. The Bertz CT molecular complexity index is 669. The number of hydrogen-bond acceptors (Lipinski definition) is 2. The quantitative estimate of drug-likeness (QED) is 0.888. The number of carbonyl (C=O) groups is 2. The molecule has 0 aromatic heterocycles. The first-order valence-electron chi connectivity index (χ1n) is 6.90. The molecule has 0 aliphatic rings. The Hall–Kier alpha value is -2.69. The van der Waals surface area contributed by atoms with Gasteiger partial charge in [-0.3, -0.25) is 9.59 Å². The van der Waals surface area contributed by atoms with Gasteiger partial charge in [0.15, 0.2) is 0 Å². The molecule has 2 rings (SSSR count). The van der Waals surface area contributed by atoms with E-state index >= 15 is 0 Å². The highest BCUT2D eigenvalue weighted by Crippen LogP contribution is 2.06. The number of hydrogen-bond donors (Lipinski definition) is 2. The molecule has 2 amide bonds. The zero-order valence-corrected chi connectivity index (χ0v) is 12.2. The van der Waals surface area contributed by atoms with Gasteiger partial charge in [0.25, 0.3) is 5.91 Å². The van der Waals surface area contributed by atoms with E-state index in [-0.39, 0.29) is 24.1 Å². The highest BCUT2D eigenvalue weighted by Gasteiger charge is 2.05. The second-order valence-electron chi connectivity index (χ2n) is 4.86. The van der Waals surface area contributed by atoms with Crippen LogP contribution in [0.25, 0.3) is 0 Å². The lowest BCUT2D eigenvalue weighted by Gasteiger charge is -2.07. The van der Waals surface area contributed by atoms with Crippen LogP contribution in [0.3, 0.4) is 0 Å². The minimum absolute atomic E-state index is 0.133. The van der Waals surface area contributed by atoms with Crippen LogP contribution in [-0.4, -0.2) is 18.9 Å². The molecule has 2 aromatic carbocycles. The smallest absolute Gasteiger partial charge is 0.251 e. The molecule has 5 heteroatoms. The number of benzene rings is 2. The number of amides is 2. The van der Waals surface area contributed by atoms with Gasteiger partial charge in [-0.05, 0) is 35.4 Å². The van der Waals surface area contributed by atoms with E-state index in [4.69, 9.17) is 0 Å². The van der Waals surface area contributed by atoms with Gasteiger partial charge < -0.3 is 10.6 Å². The third kappa shape index (κ3) is 4.41. The van der Waals surface area contributed by atoms with Gasteiger partial charge in [-0.25, -0.2) is 4.39 Å². The lowest BCUT2D eigenvalue weighted by Crippen LogP contribution is -2.24. The van der Waals surface area contributed by atoms with E-state index in [9.17, 15) is 14.0 Å². The average molecular weight is 300 g/mol. The Labute approximate surface area is 128 Å². The van der Waals surface area contributed by atoms with Gasteiger partial charge in [0.05, 0.1) is 6.42 Å². The van der Waals surface area contributed by atoms with Crippen LogP contribution in [0.4, 0.5) is 4.39 Å². The minimum atomic E-state index is -0.352. The Morgan fingerprint density at radius 3 is 2.41 bits per heavy atom. The molecule has 0 unspecified atom stereocenters. The molecule has 0 fully saturated rings. The molecule has 0 spiro atoms. The number of nitrogens with one attached hydrogen (secondary N) is 2.